The molecule has 0 radical (unpaired) electrons. The molecule has 4 nitrogen and oxygen atoms in total. The van der Waals surface area contributed by atoms with Crippen LogP contribution in [-0.2, 0) is 0 Å². The molecule has 0 atom stereocenters. The first-order chi connectivity index (χ1) is 4.79. The van der Waals surface area contributed by atoms with Gasteiger partial charge in [-0.25, -0.2) is 0 Å². The van der Waals surface area contributed by atoms with Gasteiger partial charge in [0, 0.05) is 10.7 Å². The summed E-state index contributed by atoms with van der Waals surface area (Å²) in [6, 6.07) is 0. The summed E-state index contributed by atoms with van der Waals surface area (Å²) < 4.78 is 2.89. The standard InChI is InChI=1S/C5H8N2O2S/c8-7(9)4-5-2-1-3-10-6-5/h2,6H,1,3-4H2. The molecule has 0 saturated heterocycles. The summed E-state index contributed by atoms with van der Waals surface area (Å²) in [7, 11) is 0. The van der Waals surface area contributed by atoms with Crippen molar-refractivity contribution < 1.29 is 4.92 Å². The number of hydrogen-bond donors (Lipinski definition) is 1. The van der Waals surface area contributed by atoms with E-state index in [1.54, 1.807) is 0 Å². The molecule has 1 rings (SSSR count). The van der Waals surface area contributed by atoms with Crippen molar-refractivity contribution in [3.8, 4) is 0 Å². The number of nitrogens with one attached hydrogen (secondary N) is 1. The third-order valence-corrected chi connectivity index (χ3v) is 1.96. The molecule has 0 aromatic rings. The highest BCUT2D eigenvalue weighted by Crippen LogP contribution is 2.09. The average molecular weight is 160 g/mol. The van der Waals surface area contributed by atoms with E-state index in [2.05, 4.69) is 4.72 Å². The third-order valence-electron chi connectivity index (χ3n) is 1.11. The predicted molar refractivity (Wildman–Crippen MR) is 40.2 cm³/mol. The molecule has 0 spiro atoms. The van der Waals surface area contributed by atoms with E-state index in [-0.39, 0.29) is 11.5 Å². The number of nitro groups is 1. The van der Waals surface area contributed by atoms with Crippen molar-refractivity contribution in [1.82, 2.24) is 4.72 Å². The van der Waals surface area contributed by atoms with Crippen molar-refractivity contribution >= 4 is 11.9 Å². The summed E-state index contributed by atoms with van der Waals surface area (Å²) in [5.74, 6) is 1.00. The van der Waals surface area contributed by atoms with Crippen LogP contribution in [0.15, 0.2) is 11.8 Å². The first kappa shape index (κ1) is 7.40. The molecular formula is C5H8N2O2S. The van der Waals surface area contributed by atoms with Crippen molar-refractivity contribution in [3.63, 3.8) is 0 Å². The maximum absolute atomic E-state index is 9.98. The van der Waals surface area contributed by atoms with Gasteiger partial charge < -0.3 is 4.72 Å². The Morgan fingerprint density at radius 2 is 2.70 bits per heavy atom. The second-order valence-corrected chi connectivity index (χ2v) is 2.86. The van der Waals surface area contributed by atoms with Gasteiger partial charge in [-0.2, -0.15) is 0 Å². The van der Waals surface area contributed by atoms with Crippen LogP contribution in [0.5, 0.6) is 0 Å². The Hall–Kier alpha value is -0.710. The average Bonchev–Trinajstić information content (AvgIpc) is 1.88. The monoisotopic (exact) mass is 160 g/mol. The fraction of sp³-hybridized carbons (Fsp3) is 0.600. The van der Waals surface area contributed by atoms with Gasteiger partial charge in [0.05, 0.1) is 5.70 Å². The number of allylic oxidation sites excluding steroid dienone is 1. The Labute approximate surface area is 63.0 Å². The van der Waals surface area contributed by atoms with Gasteiger partial charge in [-0.05, 0) is 6.42 Å². The molecule has 1 heterocycles. The molecule has 1 aliphatic rings. The lowest BCUT2D eigenvalue weighted by atomic mass is 10.3. The third kappa shape index (κ3) is 2.26. The molecule has 1 N–H and O–H groups in total. The summed E-state index contributed by atoms with van der Waals surface area (Å²) in [5.41, 5.74) is 0.723. The molecule has 0 aliphatic carbocycles. The van der Waals surface area contributed by atoms with Gasteiger partial charge in [-0.15, -0.1) is 0 Å². The maximum atomic E-state index is 9.98. The summed E-state index contributed by atoms with van der Waals surface area (Å²) in [4.78, 5) is 9.65. The molecule has 0 unspecified atom stereocenters. The minimum absolute atomic E-state index is 0.0764. The summed E-state index contributed by atoms with van der Waals surface area (Å²) in [6.45, 7) is -0.0764. The Morgan fingerprint density at radius 1 is 1.90 bits per heavy atom. The van der Waals surface area contributed by atoms with E-state index >= 15 is 0 Å². The second-order valence-electron chi connectivity index (χ2n) is 1.96. The number of rotatable bonds is 2. The summed E-state index contributed by atoms with van der Waals surface area (Å²) >= 11 is 1.52. The maximum Gasteiger partial charge on any atom is 0.243 e. The first-order valence-corrected chi connectivity index (χ1v) is 3.96. The largest absolute Gasteiger partial charge is 0.328 e. The van der Waals surface area contributed by atoms with Gasteiger partial charge in [0.2, 0.25) is 6.54 Å². The van der Waals surface area contributed by atoms with E-state index in [9.17, 15) is 10.1 Å². The van der Waals surface area contributed by atoms with Gasteiger partial charge in [-0.1, -0.05) is 18.0 Å². The van der Waals surface area contributed by atoms with Crippen molar-refractivity contribution in [1.29, 1.82) is 0 Å². The molecule has 0 aromatic carbocycles. The van der Waals surface area contributed by atoms with Crippen LogP contribution in [0.3, 0.4) is 0 Å². The zero-order chi connectivity index (χ0) is 7.40. The van der Waals surface area contributed by atoms with Crippen LogP contribution in [0.25, 0.3) is 0 Å². The van der Waals surface area contributed by atoms with Crippen LogP contribution >= 0.6 is 11.9 Å². The highest BCUT2D eigenvalue weighted by molar-refractivity contribution is 7.97. The van der Waals surface area contributed by atoms with Crippen LogP contribution in [0.2, 0.25) is 0 Å². The lowest BCUT2D eigenvalue weighted by molar-refractivity contribution is -0.471. The number of nitrogens with zero attached hydrogens (tertiary/aromatic N) is 1. The Bertz CT molecular complexity index is 169. The predicted octanol–water partition coefficient (Wildman–Crippen LogP) is 0.788. The van der Waals surface area contributed by atoms with E-state index in [0.29, 0.717) is 0 Å². The summed E-state index contributed by atoms with van der Waals surface area (Å²) in [5, 5.41) is 9.98. The van der Waals surface area contributed by atoms with E-state index in [1.807, 2.05) is 6.08 Å². The van der Waals surface area contributed by atoms with E-state index in [4.69, 9.17) is 0 Å². The molecule has 10 heavy (non-hydrogen) atoms. The van der Waals surface area contributed by atoms with Crippen molar-refractivity contribution in [2.24, 2.45) is 0 Å². The first-order valence-electron chi connectivity index (χ1n) is 2.97. The zero-order valence-corrected chi connectivity index (χ0v) is 6.19. The fourth-order valence-corrected chi connectivity index (χ4v) is 1.38. The molecule has 0 amide bonds. The van der Waals surface area contributed by atoms with Crippen LogP contribution < -0.4 is 4.72 Å². The molecule has 1 aliphatic heterocycles. The van der Waals surface area contributed by atoms with E-state index < -0.39 is 0 Å². The lowest BCUT2D eigenvalue weighted by Gasteiger charge is -2.10. The van der Waals surface area contributed by atoms with Gasteiger partial charge in [0.25, 0.3) is 0 Å². The highest BCUT2D eigenvalue weighted by atomic mass is 32.2. The molecule has 0 bridgehead atoms. The van der Waals surface area contributed by atoms with E-state index in [1.165, 1.54) is 11.9 Å². The molecule has 0 fully saturated rings. The SMILES string of the molecule is O=[N+]([O-])CC1=CCCSN1. The van der Waals surface area contributed by atoms with Gasteiger partial charge in [0.15, 0.2) is 0 Å². The quantitative estimate of drug-likeness (QED) is 0.368. The fourth-order valence-electron chi connectivity index (χ4n) is 0.713. The van der Waals surface area contributed by atoms with Crippen molar-refractivity contribution in [2.75, 3.05) is 12.3 Å². The normalized spacial score (nSPS) is 17.4. The minimum atomic E-state index is -0.329. The van der Waals surface area contributed by atoms with Crippen LogP contribution in [0.4, 0.5) is 0 Å². The lowest BCUT2D eigenvalue weighted by Crippen LogP contribution is -2.17. The van der Waals surface area contributed by atoms with Crippen LogP contribution in [-0.4, -0.2) is 17.2 Å². The smallest absolute Gasteiger partial charge is 0.243 e. The molecule has 56 valence electrons. The Kier molecular flexibility index (Phi) is 2.56. The van der Waals surface area contributed by atoms with Crippen LogP contribution in [0.1, 0.15) is 6.42 Å². The second kappa shape index (κ2) is 3.46. The van der Waals surface area contributed by atoms with Gasteiger partial charge >= 0.3 is 0 Å². The molecule has 5 heteroatoms. The number of hydrogen-bond acceptors (Lipinski definition) is 4. The molecular weight excluding hydrogens is 152 g/mol. The van der Waals surface area contributed by atoms with Gasteiger partial charge in [-0.3, -0.25) is 10.1 Å². The zero-order valence-electron chi connectivity index (χ0n) is 5.37. The molecule has 0 saturated carbocycles. The summed E-state index contributed by atoms with van der Waals surface area (Å²) in [6.07, 6.45) is 2.81. The molecule has 0 aromatic heterocycles. The van der Waals surface area contributed by atoms with Crippen LogP contribution in [0, 0.1) is 10.1 Å². The van der Waals surface area contributed by atoms with Crippen molar-refractivity contribution in [3.05, 3.63) is 21.9 Å². The minimum Gasteiger partial charge on any atom is -0.328 e. The van der Waals surface area contributed by atoms with Crippen molar-refractivity contribution in [2.45, 2.75) is 6.42 Å². The highest BCUT2D eigenvalue weighted by Gasteiger charge is 2.07. The Morgan fingerprint density at radius 3 is 3.20 bits per heavy atom. The Balaban J connectivity index is 2.38. The van der Waals surface area contributed by atoms with E-state index in [0.717, 1.165) is 17.9 Å². The topological polar surface area (TPSA) is 55.2 Å². The van der Waals surface area contributed by atoms with Gasteiger partial charge in [0.1, 0.15) is 0 Å².